The first-order valence-electron chi connectivity index (χ1n) is 14.3. The number of anilines is 1. The second kappa shape index (κ2) is 15.2. The number of rotatable bonds is 13. The van der Waals surface area contributed by atoms with Crippen LogP contribution in [-0.4, -0.2) is 44.3 Å². The Morgan fingerprint density at radius 2 is 1.45 bits per heavy atom. The van der Waals surface area contributed by atoms with E-state index < -0.39 is 28.5 Å². The van der Waals surface area contributed by atoms with Crippen molar-refractivity contribution in [2.75, 3.05) is 17.4 Å². The van der Waals surface area contributed by atoms with Crippen LogP contribution in [0, 0.1) is 6.92 Å². The molecule has 230 valence electrons. The van der Waals surface area contributed by atoms with Crippen LogP contribution < -0.4 is 9.62 Å². The van der Waals surface area contributed by atoms with Gasteiger partial charge in [-0.2, -0.15) is 0 Å². The van der Waals surface area contributed by atoms with Crippen LogP contribution in [0.4, 0.5) is 5.69 Å². The zero-order valence-corrected chi connectivity index (χ0v) is 26.9. The van der Waals surface area contributed by atoms with Crippen molar-refractivity contribution in [1.82, 2.24) is 10.2 Å². The van der Waals surface area contributed by atoms with Gasteiger partial charge in [-0.05, 0) is 78.6 Å². The van der Waals surface area contributed by atoms with Crippen LogP contribution in [0.25, 0.3) is 0 Å². The van der Waals surface area contributed by atoms with Gasteiger partial charge in [0.15, 0.2) is 0 Å². The van der Waals surface area contributed by atoms with Gasteiger partial charge in [0.2, 0.25) is 11.8 Å². The predicted molar refractivity (Wildman–Crippen MR) is 176 cm³/mol. The van der Waals surface area contributed by atoms with Gasteiger partial charge in [-0.25, -0.2) is 8.42 Å². The molecule has 2 amide bonds. The summed E-state index contributed by atoms with van der Waals surface area (Å²) in [6.45, 7) is 3.77. The molecule has 0 spiro atoms. The standard InChI is InChI=1S/C34H35Cl2N3O4S/c1-3-20-37-34(41)32(22-26-9-5-4-6-10-26)38(23-27-12-14-28(35)15-13-27)33(40)24-39(30-11-7-8-25(2)21-30)44(42,43)31-18-16-29(36)17-19-31/h4-19,21,32H,3,20,22-24H2,1-2H3,(H,37,41)/t32-/m1/s1. The first-order valence-corrected chi connectivity index (χ1v) is 16.5. The van der Waals surface area contributed by atoms with Crippen LogP contribution in [0.2, 0.25) is 10.0 Å². The summed E-state index contributed by atoms with van der Waals surface area (Å²) in [5, 5.41) is 3.86. The van der Waals surface area contributed by atoms with Crippen molar-refractivity contribution in [2.45, 2.75) is 44.2 Å². The lowest BCUT2D eigenvalue weighted by Gasteiger charge is -2.34. The number of hydrogen-bond donors (Lipinski definition) is 1. The van der Waals surface area contributed by atoms with Crippen LogP contribution in [0.5, 0.6) is 0 Å². The summed E-state index contributed by atoms with van der Waals surface area (Å²) in [5.41, 5.74) is 2.76. The molecule has 0 fully saturated rings. The highest BCUT2D eigenvalue weighted by atomic mass is 35.5. The number of carbonyl (C=O) groups is 2. The van der Waals surface area contributed by atoms with Gasteiger partial charge in [0.05, 0.1) is 10.6 Å². The monoisotopic (exact) mass is 651 g/mol. The summed E-state index contributed by atoms with van der Waals surface area (Å²) >= 11 is 12.2. The van der Waals surface area contributed by atoms with Crippen LogP contribution in [0.3, 0.4) is 0 Å². The smallest absolute Gasteiger partial charge is 0.264 e. The second-order valence-electron chi connectivity index (χ2n) is 10.4. The molecule has 0 aliphatic carbocycles. The van der Waals surface area contributed by atoms with Crippen LogP contribution in [0.1, 0.15) is 30.0 Å². The van der Waals surface area contributed by atoms with Crippen molar-refractivity contribution in [1.29, 1.82) is 0 Å². The molecule has 0 heterocycles. The molecule has 4 rings (SSSR count). The van der Waals surface area contributed by atoms with Crippen molar-refractivity contribution in [3.05, 3.63) is 130 Å². The van der Waals surface area contributed by atoms with E-state index in [1.165, 1.54) is 29.2 Å². The molecular formula is C34H35Cl2N3O4S. The lowest BCUT2D eigenvalue weighted by Crippen LogP contribution is -2.53. The Morgan fingerprint density at radius 3 is 2.07 bits per heavy atom. The fourth-order valence-corrected chi connectivity index (χ4v) is 6.41. The number of sulfonamides is 1. The Bertz CT molecular complexity index is 1670. The molecule has 7 nitrogen and oxygen atoms in total. The van der Waals surface area contributed by atoms with E-state index in [0.717, 1.165) is 27.4 Å². The molecule has 0 radical (unpaired) electrons. The summed E-state index contributed by atoms with van der Waals surface area (Å²) in [7, 11) is -4.20. The molecule has 1 N–H and O–H groups in total. The zero-order chi connectivity index (χ0) is 31.7. The van der Waals surface area contributed by atoms with Crippen LogP contribution in [0.15, 0.2) is 108 Å². The van der Waals surface area contributed by atoms with E-state index >= 15 is 0 Å². The average Bonchev–Trinajstić information content (AvgIpc) is 3.01. The van der Waals surface area contributed by atoms with Gasteiger partial charge in [-0.1, -0.05) is 84.7 Å². The fourth-order valence-electron chi connectivity index (χ4n) is 4.75. The minimum Gasteiger partial charge on any atom is -0.354 e. The molecule has 0 unspecified atom stereocenters. The van der Waals surface area contributed by atoms with Crippen molar-refractivity contribution < 1.29 is 18.0 Å². The maximum Gasteiger partial charge on any atom is 0.264 e. The molecule has 4 aromatic carbocycles. The Hall–Kier alpha value is -3.85. The number of halogens is 2. The van der Waals surface area contributed by atoms with E-state index in [-0.39, 0.29) is 23.8 Å². The molecule has 0 aliphatic heterocycles. The van der Waals surface area contributed by atoms with Crippen molar-refractivity contribution in [3.8, 4) is 0 Å². The number of nitrogens with zero attached hydrogens (tertiary/aromatic N) is 2. The summed E-state index contributed by atoms with van der Waals surface area (Å²) in [4.78, 5) is 29.5. The van der Waals surface area contributed by atoms with E-state index in [2.05, 4.69) is 5.32 Å². The Labute approximate surface area is 269 Å². The minimum absolute atomic E-state index is 0.0121. The first kappa shape index (κ1) is 33.1. The average molecular weight is 653 g/mol. The van der Waals surface area contributed by atoms with E-state index in [4.69, 9.17) is 23.2 Å². The number of benzene rings is 4. The highest BCUT2D eigenvalue weighted by Crippen LogP contribution is 2.27. The maximum atomic E-state index is 14.4. The Kier molecular flexibility index (Phi) is 11.4. The van der Waals surface area contributed by atoms with Gasteiger partial charge in [-0.15, -0.1) is 0 Å². The van der Waals surface area contributed by atoms with E-state index in [0.29, 0.717) is 22.3 Å². The van der Waals surface area contributed by atoms with Crippen LogP contribution in [-0.2, 0) is 32.6 Å². The highest BCUT2D eigenvalue weighted by Gasteiger charge is 2.34. The first-order chi connectivity index (χ1) is 21.1. The SMILES string of the molecule is CCCNC(=O)[C@@H](Cc1ccccc1)N(Cc1ccc(Cl)cc1)C(=O)CN(c1cccc(C)c1)S(=O)(=O)c1ccc(Cl)cc1. The number of amides is 2. The molecule has 0 saturated heterocycles. The quantitative estimate of drug-likeness (QED) is 0.175. The highest BCUT2D eigenvalue weighted by molar-refractivity contribution is 7.92. The van der Waals surface area contributed by atoms with Gasteiger partial charge in [0.1, 0.15) is 12.6 Å². The largest absolute Gasteiger partial charge is 0.354 e. The van der Waals surface area contributed by atoms with Gasteiger partial charge in [0.25, 0.3) is 10.0 Å². The Morgan fingerprint density at radius 1 is 0.818 bits per heavy atom. The van der Waals surface area contributed by atoms with Crippen molar-refractivity contribution in [3.63, 3.8) is 0 Å². The summed E-state index contributed by atoms with van der Waals surface area (Å²) < 4.78 is 29.2. The van der Waals surface area contributed by atoms with Crippen molar-refractivity contribution >= 4 is 50.7 Å². The van der Waals surface area contributed by atoms with Gasteiger partial charge in [-0.3, -0.25) is 13.9 Å². The van der Waals surface area contributed by atoms with E-state index in [1.807, 2.05) is 50.2 Å². The molecule has 0 saturated carbocycles. The summed E-state index contributed by atoms with van der Waals surface area (Å²) in [5.74, 6) is -0.854. The lowest BCUT2D eigenvalue weighted by atomic mass is 10.0. The second-order valence-corrected chi connectivity index (χ2v) is 13.2. The number of aryl methyl sites for hydroxylation is 1. The summed E-state index contributed by atoms with van der Waals surface area (Å²) in [6, 6.07) is 28.3. The van der Waals surface area contributed by atoms with Gasteiger partial charge in [0, 0.05) is 29.6 Å². The van der Waals surface area contributed by atoms with Gasteiger partial charge >= 0.3 is 0 Å². The molecule has 44 heavy (non-hydrogen) atoms. The molecule has 4 aromatic rings. The normalized spacial score (nSPS) is 11.9. The minimum atomic E-state index is -4.20. The van der Waals surface area contributed by atoms with E-state index in [9.17, 15) is 18.0 Å². The van der Waals surface area contributed by atoms with Gasteiger partial charge < -0.3 is 10.2 Å². The molecule has 0 aromatic heterocycles. The number of hydrogen-bond acceptors (Lipinski definition) is 4. The zero-order valence-electron chi connectivity index (χ0n) is 24.6. The van der Waals surface area contributed by atoms with Crippen LogP contribution >= 0.6 is 23.2 Å². The molecule has 0 aliphatic rings. The molecule has 0 bridgehead atoms. The third-order valence-corrected chi connectivity index (χ3v) is 9.35. The number of nitrogens with one attached hydrogen (secondary N) is 1. The number of carbonyl (C=O) groups excluding carboxylic acids is 2. The maximum absolute atomic E-state index is 14.4. The summed E-state index contributed by atoms with van der Waals surface area (Å²) in [6.07, 6.45) is 0.958. The third kappa shape index (κ3) is 8.62. The molecule has 1 atom stereocenters. The molecule has 10 heteroatoms. The lowest BCUT2D eigenvalue weighted by molar-refractivity contribution is -0.140. The topological polar surface area (TPSA) is 86.8 Å². The van der Waals surface area contributed by atoms with E-state index in [1.54, 1.807) is 42.5 Å². The fraction of sp³-hybridized carbons (Fsp3) is 0.235. The third-order valence-electron chi connectivity index (χ3n) is 7.06. The van der Waals surface area contributed by atoms with Crippen molar-refractivity contribution in [2.24, 2.45) is 0 Å². The predicted octanol–water partition coefficient (Wildman–Crippen LogP) is 6.66. The molecular weight excluding hydrogens is 617 g/mol. The Balaban J connectivity index is 1.79.